The minimum absolute atomic E-state index is 0.0282. The summed E-state index contributed by atoms with van der Waals surface area (Å²) in [6.45, 7) is 0.773. The normalized spacial score (nSPS) is 10.7. The number of nitrogens with one attached hydrogen (secondary N) is 2. The number of aromatic nitrogens is 2. The van der Waals surface area contributed by atoms with Crippen molar-refractivity contribution in [3.8, 4) is 0 Å². The highest BCUT2D eigenvalue weighted by atomic mass is 16.1. The molecule has 0 spiro atoms. The molecule has 0 radical (unpaired) electrons. The van der Waals surface area contributed by atoms with Crippen molar-refractivity contribution in [3.05, 3.63) is 30.1 Å². The van der Waals surface area contributed by atoms with Gasteiger partial charge >= 0.3 is 0 Å². The standard InChI is InChI=1S/C12H16N4O/c1-13-8-12(17)14-7-11-15-9-5-3-4-6-10(9)16(11)2/h3-6,13H,7-8H2,1-2H3,(H,14,17). The zero-order valence-corrected chi connectivity index (χ0v) is 10.0. The third kappa shape index (κ3) is 2.45. The first-order chi connectivity index (χ1) is 8.22. The van der Waals surface area contributed by atoms with Crippen LogP contribution in [-0.2, 0) is 18.4 Å². The summed E-state index contributed by atoms with van der Waals surface area (Å²) < 4.78 is 2.00. The number of carbonyl (C=O) groups is 1. The fraction of sp³-hybridized carbons (Fsp3) is 0.333. The molecule has 0 bridgehead atoms. The Bertz CT molecular complexity index is 532. The van der Waals surface area contributed by atoms with Crippen LogP contribution in [-0.4, -0.2) is 29.1 Å². The Morgan fingerprint density at radius 1 is 1.41 bits per heavy atom. The van der Waals surface area contributed by atoms with Gasteiger partial charge in [0.25, 0.3) is 0 Å². The van der Waals surface area contributed by atoms with E-state index in [1.165, 1.54) is 0 Å². The fourth-order valence-electron chi connectivity index (χ4n) is 1.75. The molecule has 0 aliphatic heterocycles. The van der Waals surface area contributed by atoms with Crippen molar-refractivity contribution >= 4 is 16.9 Å². The molecular weight excluding hydrogens is 216 g/mol. The maximum Gasteiger partial charge on any atom is 0.234 e. The lowest BCUT2D eigenvalue weighted by Gasteiger charge is -2.04. The Morgan fingerprint density at radius 3 is 2.88 bits per heavy atom. The van der Waals surface area contributed by atoms with Crippen LogP contribution in [0.1, 0.15) is 5.82 Å². The first-order valence-corrected chi connectivity index (χ1v) is 5.54. The number of benzene rings is 1. The molecule has 90 valence electrons. The Balaban J connectivity index is 2.14. The largest absolute Gasteiger partial charge is 0.348 e. The Labute approximate surface area is 99.8 Å². The van der Waals surface area contributed by atoms with E-state index in [0.717, 1.165) is 16.9 Å². The molecule has 1 heterocycles. The van der Waals surface area contributed by atoms with E-state index in [1.807, 2.05) is 35.9 Å². The van der Waals surface area contributed by atoms with Gasteiger partial charge in [0, 0.05) is 7.05 Å². The van der Waals surface area contributed by atoms with Crippen LogP contribution in [0.5, 0.6) is 0 Å². The van der Waals surface area contributed by atoms with Crippen molar-refractivity contribution < 1.29 is 4.79 Å². The molecule has 1 aromatic carbocycles. The molecule has 0 aliphatic carbocycles. The highest BCUT2D eigenvalue weighted by Gasteiger charge is 2.07. The van der Waals surface area contributed by atoms with E-state index in [2.05, 4.69) is 15.6 Å². The van der Waals surface area contributed by atoms with E-state index in [9.17, 15) is 4.79 Å². The second kappa shape index (κ2) is 4.97. The van der Waals surface area contributed by atoms with Crippen LogP contribution in [0.25, 0.3) is 11.0 Å². The number of nitrogens with zero attached hydrogens (tertiary/aromatic N) is 2. The van der Waals surface area contributed by atoms with E-state index in [4.69, 9.17) is 0 Å². The summed E-state index contributed by atoms with van der Waals surface area (Å²) in [6.07, 6.45) is 0. The first kappa shape index (κ1) is 11.6. The SMILES string of the molecule is CNCC(=O)NCc1nc2ccccc2n1C. The van der Waals surface area contributed by atoms with Crippen molar-refractivity contribution in [1.82, 2.24) is 20.2 Å². The molecule has 0 fully saturated rings. The van der Waals surface area contributed by atoms with Crippen LogP contribution in [0.2, 0.25) is 0 Å². The highest BCUT2D eigenvalue weighted by molar-refractivity contribution is 5.78. The zero-order valence-electron chi connectivity index (χ0n) is 10.0. The second-order valence-electron chi connectivity index (χ2n) is 3.88. The Kier molecular flexibility index (Phi) is 3.39. The summed E-state index contributed by atoms with van der Waals surface area (Å²) in [6, 6.07) is 7.92. The number of rotatable bonds is 4. The quantitative estimate of drug-likeness (QED) is 0.802. The van der Waals surface area contributed by atoms with Gasteiger partial charge in [-0.05, 0) is 19.2 Å². The van der Waals surface area contributed by atoms with Crippen molar-refractivity contribution in [2.75, 3.05) is 13.6 Å². The summed E-state index contributed by atoms with van der Waals surface area (Å²) in [4.78, 5) is 15.8. The minimum Gasteiger partial charge on any atom is -0.348 e. The zero-order chi connectivity index (χ0) is 12.3. The maximum atomic E-state index is 11.3. The molecular formula is C12H16N4O. The predicted molar refractivity (Wildman–Crippen MR) is 66.5 cm³/mol. The van der Waals surface area contributed by atoms with Gasteiger partial charge in [0.05, 0.1) is 24.1 Å². The van der Waals surface area contributed by atoms with E-state index in [0.29, 0.717) is 13.1 Å². The number of hydrogen-bond acceptors (Lipinski definition) is 3. The summed E-state index contributed by atoms with van der Waals surface area (Å²) >= 11 is 0. The Hall–Kier alpha value is -1.88. The molecule has 2 aromatic rings. The van der Waals surface area contributed by atoms with Gasteiger partial charge in [0.1, 0.15) is 5.82 Å². The van der Waals surface area contributed by atoms with E-state index >= 15 is 0 Å². The summed E-state index contributed by atoms with van der Waals surface area (Å²) in [5.74, 6) is 0.829. The van der Waals surface area contributed by atoms with Crippen LogP contribution in [0.15, 0.2) is 24.3 Å². The third-order valence-electron chi connectivity index (χ3n) is 2.66. The Morgan fingerprint density at radius 2 is 2.18 bits per heavy atom. The van der Waals surface area contributed by atoms with Gasteiger partial charge in [-0.1, -0.05) is 12.1 Å². The van der Waals surface area contributed by atoms with Gasteiger partial charge in [-0.25, -0.2) is 4.98 Å². The average molecular weight is 232 g/mol. The van der Waals surface area contributed by atoms with E-state index in [1.54, 1.807) is 7.05 Å². The molecule has 0 atom stereocenters. The minimum atomic E-state index is -0.0282. The van der Waals surface area contributed by atoms with E-state index in [-0.39, 0.29) is 5.91 Å². The molecule has 2 N–H and O–H groups in total. The number of amides is 1. The number of fused-ring (bicyclic) bond motifs is 1. The van der Waals surface area contributed by atoms with Crippen molar-refractivity contribution in [2.24, 2.45) is 7.05 Å². The molecule has 5 nitrogen and oxygen atoms in total. The number of hydrogen-bond donors (Lipinski definition) is 2. The monoisotopic (exact) mass is 232 g/mol. The van der Waals surface area contributed by atoms with Crippen molar-refractivity contribution in [3.63, 3.8) is 0 Å². The van der Waals surface area contributed by atoms with Gasteiger partial charge in [0.15, 0.2) is 0 Å². The summed E-state index contributed by atoms with van der Waals surface area (Å²) in [7, 11) is 3.70. The van der Waals surface area contributed by atoms with Gasteiger partial charge in [-0.15, -0.1) is 0 Å². The molecule has 17 heavy (non-hydrogen) atoms. The number of imidazole rings is 1. The maximum absolute atomic E-state index is 11.3. The van der Waals surface area contributed by atoms with Crippen LogP contribution in [0.4, 0.5) is 0 Å². The number of aryl methyl sites for hydroxylation is 1. The average Bonchev–Trinajstić information content (AvgIpc) is 2.65. The number of para-hydroxylation sites is 2. The van der Waals surface area contributed by atoms with Crippen LogP contribution in [0.3, 0.4) is 0 Å². The van der Waals surface area contributed by atoms with Crippen LogP contribution in [0, 0.1) is 0 Å². The summed E-state index contributed by atoms with van der Waals surface area (Å²) in [5, 5.41) is 5.62. The van der Waals surface area contributed by atoms with Gasteiger partial charge < -0.3 is 15.2 Å². The smallest absolute Gasteiger partial charge is 0.234 e. The lowest BCUT2D eigenvalue weighted by molar-refractivity contribution is -0.120. The first-order valence-electron chi connectivity index (χ1n) is 5.54. The third-order valence-corrected chi connectivity index (χ3v) is 2.66. The number of likely N-dealkylation sites (N-methyl/N-ethyl adjacent to an activating group) is 1. The van der Waals surface area contributed by atoms with Crippen molar-refractivity contribution in [1.29, 1.82) is 0 Å². The molecule has 0 aliphatic rings. The molecule has 1 aromatic heterocycles. The molecule has 0 unspecified atom stereocenters. The van der Waals surface area contributed by atoms with Crippen LogP contribution >= 0.6 is 0 Å². The lowest BCUT2D eigenvalue weighted by Crippen LogP contribution is -2.32. The van der Waals surface area contributed by atoms with E-state index < -0.39 is 0 Å². The topological polar surface area (TPSA) is 59.0 Å². The highest BCUT2D eigenvalue weighted by Crippen LogP contribution is 2.13. The molecule has 1 amide bonds. The van der Waals surface area contributed by atoms with Gasteiger partial charge in [0.2, 0.25) is 5.91 Å². The van der Waals surface area contributed by atoms with Crippen LogP contribution < -0.4 is 10.6 Å². The molecule has 5 heteroatoms. The van der Waals surface area contributed by atoms with Crippen molar-refractivity contribution in [2.45, 2.75) is 6.54 Å². The molecule has 0 saturated carbocycles. The summed E-state index contributed by atoms with van der Waals surface area (Å²) in [5.41, 5.74) is 2.03. The number of carbonyl (C=O) groups excluding carboxylic acids is 1. The predicted octanol–water partition coefficient (Wildman–Crippen LogP) is 0.409. The fourth-order valence-corrected chi connectivity index (χ4v) is 1.75. The van der Waals surface area contributed by atoms with Gasteiger partial charge in [-0.2, -0.15) is 0 Å². The second-order valence-corrected chi connectivity index (χ2v) is 3.88. The van der Waals surface area contributed by atoms with Gasteiger partial charge in [-0.3, -0.25) is 4.79 Å². The molecule has 2 rings (SSSR count). The molecule has 0 saturated heterocycles. The lowest BCUT2D eigenvalue weighted by atomic mass is 10.3.